The predicted molar refractivity (Wildman–Crippen MR) is 93.0 cm³/mol. The van der Waals surface area contributed by atoms with Crippen LogP contribution in [0.5, 0.6) is 5.75 Å². The van der Waals surface area contributed by atoms with Crippen molar-refractivity contribution in [2.45, 2.75) is 50.6 Å². The van der Waals surface area contributed by atoms with E-state index in [2.05, 4.69) is 4.72 Å². The fourth-order valence-corrected chi connectivity index (χ4v) is 3.15. The lowest BCUT2D eigenvalue weighted by Crippen LogP contribution is -2.58. The number of methoxy groups -OCH3 is 1. The molecule has 148 valence electrons. The van der Waals surface area contributed by atoms with Crippen LogP contribution in [0.3, 0.4) is 0 Å². The number of alkyl halides is 3. The van der Waals surface area contributed by atoms with Crippen LogP contribution in [-0.4, -0.2) is 34.8 Å². The van der Waals surface area contributed by atoms with E-state index in [-0.39, 0.29) is 17.9 Å². The Morgan fingerprint density at radius 2 is 1.77 bits per heavy atom. The molecule has 1 aromatic carbocycles. The zero-order valence-electron chi connectivity index (χ0n) is 15.4. The van der Waals surface area contributed by atoms with E-state index in [1.54, 1.807) is 0 Å². The first-order chi connectivity index (χ1) is 11.9. The highest BCUT2D eigenvalue weighted by atomic mass is 32.2. The number of benzene rings is 1. The predicted octanol–water partition coefficient (Wildman–Crippen LogP) is 3.46. The second-order valence-corrected chi connectivity index (χ2v) is 8.53. The van der Waals surface area contributed by atoms with Crippen molar-refractivity contribution in [2.75, 3.05) is 13.7 Å². The zero-order valence-corrected chi connectivity index (χ0v) is 16.2. The third-order valence-electron chi connectivity index (χ3n) is 3.59. The van der Waals surface area contributed by atoms with E-state index in [4.69, 9.17) is 9.47 Å². The summed E-state index contributed by atoms with van der Waals surface area (Å²) in [7, 11) is -0.890. The number of hydrogen-bond donors (Lipinski definition) is 1. The molecule has 0 saturated carbocycles. The highest BCUT2D eigenvalue weighted by Gasteiger charge is 2.60. The van der Waals surface area contributed by atoms with E-state index >= 15 is 0 Å². The van der Waals surface area contributed by atoms with Gasteiger partial charge in [0, 0.05) is 5.56 Å². The lowest BCUT2D eigenvalue weighted by molar-refractivity contribution is -0.202. The Kier molecular flexibility index (Phi) is 7.24. The highest BCUT2D eigenvalue weighted by Crippen LogP contribution is 2.46. The van der Waals surface area contributed by atoms with Gasteiger partial charge in [0.1, 0.15) is 5.75 Å². The van der Waals surface area contributed by atoms with Gasteiger partial charge in [-0.2, -0.15) is 13.2 Å². The molecular formula is C17H24F3NO4S. The molecule has 26 heavy (non-hydrogen) atoms. The topological polar surface area (TPSA) is 64.6 Å². The summed E-state index contributed by atoms with van der Waals surface area (Å²) >= 11 is 0. The number of esters is 1. The molecule has 0 aliphatic carbocycles. The van der Waals surface area contributed by atoms with Crippen LogP contribution < -0.4 is 9.46 Å². The highest BCUT2D eigenvalue weighted by molar-refractivity contribution is 7.84. The van der Waals surface area contributed by atoms with Gasteiger partial charge >= 0.3 is 12.1 Å². The summed E-state index contributed by atoms with van der Waals surface area (Å²) in [6.45, 7) is 6.02. The van der Waals surface area contributed by atoms with Crippen LogP contribution >= 0.6 is 0 Å². The standard InChI is InChI=1S/C17H24F3NO4S/c1-6-25-14(22)11-16(17(18,19)20,21-26(23)15(2,3)4)12-9-7-8-10-13(12)24-5/h7-10,21H,6,11H2,1-5H3/t16-,26-/m0/s1. The normalized spacial score (nSPS) is 15.8. The van der Waals surface area contributed by atoms with Gasteiger partial charge in [-0.15, -0.1) is 0 Å². The van der Waals surface area contributed by atoms with Crippen molar-refractivity contribution in [1.82, 2.24) is 4.72 Å². The van der Waals surface area contributed by atoms with Crippen LogP contribution in [0.25, 0.3) is 0 Å². The molecule has 2 atom stereocenters. The quantitative estimate of drug-likeness (QED) is 0.718. The van der Waals surface area contributed by atoms with Gasteiger partial charge in [-0.25, -0.2) is 8.93 Å². The smallest absolute Gasteiger partial charge is 0.412 e. The van der Waals surface area contributed by atoms with E-state index in [0.29, 0.717) is 0 Å². The first-order valence-electron chi connectivity index (χ1n) is 7.94. The molecule has 0 heterocycles. The molecule has 0 fully saturated rings. The van der Waals surface area contributed by atoms with E-state index in [1.807, 2.05) is 0 Å². The fraction of sp³-hybridized carbons (Fsp3) is 0.588. The van der Waals surface area contributed by atoms with Gasteiger partial charge in [0.05, 0.1) is 35.9 Å². The van der Waals surface area contributed by atoms with E-state index in [9.17, 15) is 22.2 Å². The van der Waals surface area contributed by atoms with Crippen LogP contribution in [0.1, 0.15) is 39.7 Å². The molecule has 0 bridgehead atoms. The van der Waals surface area contributed by atoms with Gasteiger partial charge in [0.15, 0.2) is 5.54 Å². The van der Waals surface area contributed by atoms with Gasteiger partial charge in [-0.3, -0.25) is 4.79 Å². The van der Waals surface area contributed by atoms with Crippen LogP contribution in [-0.2, 0) is 26.1 Å². The van der Waals surface area contributed by atoms with Crippen molar-refractivity contribution >= 4 is 17.0 Å². The van der Waals surface area contributed by atoms with Crippen molar-refractivity contribution in [3.8, 4) is 5.75 Å². The third kappa shape index (κ3) is 4.97. The SMILES string of the molecule is CCOC(=O)C[C@](N[S@@](=O)C(C)(C)C)(c1ccccc1OC)C(F)(F)F. The Balaban J connectivity index is 3.64. The molecule has 0 amide bonds. The molecule has 0 saturated heterocycles. The molecule has 0 aliphatic rings. The average Bonchev–Trinajstić information content (AvgIpc) is 2.52. The van der Waals surface area contributed by atoms with Gasteiger partial charge in [-0.05, 0) is 33.8 Å². The lowest BCUT2D eigenvalue weighted by atomic mass is 9.86. The van der Waals surface area contributed by atoms with Crippen molar-refractivity contribution in [1.29, 1.82) is 0 Å². The first-order valence-corrected chi connectivity index (χ1v) is 9.09. The summed E-state index contributed by atoms with van der Waals surface area (Å²) in [6, 6.07) is 5.45. The molecule has 0 spiro atoms. The largest absolute Gasteiger partial charge is 0.496 e. The van der Waals surface area contributed by atoms with Crippen LogP contribution in [0.4, 0.5) is 13.2 Å². The second kappa shape index (κ2) is 8.39. The maximum Gasteiger partial charge on any atom is 0.412 e. The Hall–Kier alpha value is -1.61. The van der Waals surface area contributed by atoms with Crippen molar-refractivity contribution < 1.29 is 31.6 Å². The number of hydrogen-bond acceptors (Lipinski definition) is 4. The Bertz CT molecular complexity index is 658. The summed E-state index contributed by atoms with van der Waals surface area (Å²) in [5, 5.41) is 0. The Labute approximate surface area is 153 Å². The van der Waals surface area contributed by atoms with E-state index in [1.165, 1.54) is 59.1 Å². The molecule has 0 unspecified atom stereocenters. The van der Waals surface area contributed by atoms with Crippen LogP contribution in [0.15, 0.2) is 24.3 Å². The summed E-state index contributed by atoms with van der Waals surface area (Å²) in [6.07, 6.45) is -6.03. The maximum absolute atomic E-state index is 14.3. The van der Waals surface area contributed by atoms with Crippen LogP contribution in [0.2, 0.25) is 0 Å². The number of para-hydroxylation sites is 1. The zero-order chi connectivity index (χ0) is 20.2. The molecule has 0 radical (unpaired) electrons. The minimum absolute atomic E-state index is 0.0684. The Morgan fingerprint density at radius 1 is 1.19 bits per heavy atom. The van der Waals surface area contributed by atoms with Gasteiger partial charge in [-0.1, -0.05) is 18.2 Å². The van der Waals surface area contributed by atoms with E-state index < -0.39 is 39.8 Å². The maximum atomic E-state index is 14.3. The summed E-state index contributed by atoms with van der Waals surface area (Å²) in [4.78, 5) is 12.0. The minimum Gasteiger partial charge on any atom is -0.496 e. The molecule has 5 nitrogen and oxygen atoms in total. The number of carbonyl (C=O) groups is 1. The molecule has 1 rings (SSSR count). The molecule has 0 aromatic heterocycles. The van der Waals surface area contributed by atoms with Crippen molar-refractivity contribution in [3.63, 3.8) is 0 Å². The second-order valence-electron chi connectivity index (χ2n) is 6.57. The van der Waals surface area contributed by atoms with E-state index in [0.717, 1.165) is 0 Å². The number of carbonyl (C=O) groups excluding carboxylic acids is 1. The lowest BCUT2D eigenvalue weighted by Gasteiger charge is -2.38. The Morgan fingerprint density at radius 3 is 2.23 bits per heavy atom. The number of halogens is 3. The number of rotatable bonds is 7. The molecule has 0 aliphatic heterocycles. The third-order valence-corrected chi connectivity index (χ3v) is 5.23. The monoisotopic (exact) mass is 395 g/mol. The minimum atomic E-state index is -4.95. The number of ether oxygens (including phenoxy) is 2. The van der Waals surface area contributed by atoms with Gasteiger partial charge < -0.3 is 9.47 Å². The summed E-state index contributed by atoms with van der Waals surface area (Å²) < 4.78 is 66.3. The molecule has 9 heteroatoms. The van der Waals surface area contributed by atoms with Gasteiger partial charge in [0.25, 0.3) is 0 Å². The number of nitrogens with one attached hydrogen (secondary N) is 1. The van der Waals surface area contributed by atoms with Crippen LogP contribution in [0, 0.1) is 0 Å². The fourth-order valence-electron chi connectivity index (χ4n) is 2.23. The molecule has 1 N–H and O–H groups in total. The summed E-state index contributed by atoms with van der Waals surface area (Å²) in [5.74, 6) is -1.14. The van der Waals surface area contributed by atoms with Gasteiger partial charge in [0.2, 0.25) is 0 Å². The molecular weight excluding hydrogens is 371 g/mol. The molecule has 1 aromatic rings. The average molecular weight is 395 g/mol. The summed E-state index contributed by atoms with van der Waals surface area (Å²) in [5.41, 5.74) is -3.26. The van der Waals surface area contributed by atoms with Crippen molar-refractivity contribution in [3.05, 3.63) is 29.8 Å². The van der Waals surface area contributed by atoms with Crippen molar-refractivity contribution in [2.24, 2.45) is 0 Å². The first kappa shape index (κ1) is 22.4.